The van der Waals surface area contributed by atoms with Gasteiger partial charge in [-0.05, 0) is 31.2 Å². The number of halogens is 3. The van der Waals surface area contributed by atoms with Gasteiger partial charge in [0.2, 0.25) is 5.91 Å². The average molecular weight is 334 g/mol. The number of carbonyl (C=O) groups is 1. The number of rotatable bonds is 3. The lowest BCUT2D eigenvalue weighted by atomic mass is 10.1. The van der Waals surface area contributed by atoms with Crippen molar-refractivity contribution in [2.45, 2.75) is 19.5 Å². The molecule has 0 unspecified atom stereocenters. The maximum atomic E-state index is 13.9. The summed E-state index contributed by atoms with van der Waals surface area (Å²) < 4.78 is 41.5. The van der Waals surface area contributed by atoms with Crippen LogP contribution in [0.4, 0.5) is 18.9 Å². The monoisotopic (exact) mass is 334 g/mol. The van der Waals surface area contributed by atoms with E-state index < -0.39 is 23.5 Å². The highest BCUT2D eigenvalue weighted by atomic mass is 19.1. The molecule has 24 heavy (non-hydrogen) atoms. The van der Waals surface area contributed by atoms with E-state index in [9.17, 15) is 18.0 Å². The second-order valence-corrected chi connectivity index (χ2v) is 5.79. The number of hydrogen-bond acceptors (Lipinski definition) is 2. The van der Waals surface area contributed by atoms with Crippen LogP contribution in [0, 0.1) is 17.5 Å². The predicted molar refractivity (Wildman–Crippen MR) is 85.0 cm³/mol. The smallest absolute Gasteiger partial charge is 0.244 e. The third-order valence-corrected chi connectivity index (χ3v) is 4.35. The SMILES string of the molecule is C[C@H]1C(=O)N(c2ccccc2F)CCN1Cc1c(F)cccc1F. The molecule has 2 aromatic rings. The highest BCUT2D eigenvalue weighted by Gasteiger charge is 2.33. The molecule has 0 aliphatic carbocycles. The zero-order chi connectivity index (χ0) is 17.3. The molecule has 1 aliphatic rings. The van der Waals surface area contributed by atoms with Crippen molar-refractivity contribution in [2.75, 3.05) is 18.0 Å². The fourth-order valence-corrected chi connectivity index (χ4v) is 2.93. The van der Waals surface area contributed by atoms with Gasteiger partial charge in [0.25, 0.3) is 0 Å². The quantitative estimate of drug-likeness (QED) is 0.859. The number of carbonyl (C=O) groups excluding carboxylic acids is 1. The van der Waals surface area contributed by atoms with Crippen molar-refractivity contribution in [1.82, 2.24) is 4.90 Å². The summed E-state index contributed by atoms with van der Waals surface area (Å²) >= 11 is 0. The summed E-state index contributed by atoms with van der Waals surface area (Å²) in [5.41, 5.74) is 0.169. The Balaban J connectivity index is 1.79. The van der Waals surface area contributed by atoms with Crippen LogP contribution in [0.25, 0.3) is 0 Å². The minimum absolute atomic E-state index is 0.00345. The molecule has 6 heteroatoms. The number of amides is 1. The number of piperazine rings is 1. The summed E-state index contributed by atoms with van der Waals surface area (Å²) in [5.74, 6) is -2.02. The molecule has 0 N–H and O–H groups in total. The van der Waals surface area contributed by atoms with Crippen molar-refractivity contribution in [3.63, 3.8) is 0 Å². The lowest BCUT2D eigenvalue weighted by Gasteiger charge is -2.39. The Labute approximate surface area is 138 Å². The van der Waals surface area contributed by atoms with Crippen LogP contribution in [0.1, 0.15) is 12.5 Å². The van der Waals surface area contributed by atoms with E-state index in [1.165, 1.54) is 29.2 Å². The molecule has 1 fully saturated rings. The second-order valence-electron chi connectivity index (χ2n) is 5.79. The molecule has 126 valence electrons. The van der Waals surface area contributed by atoms with Crippen molar-refractivity contribution in [3.05, 3.63) is 65.5 Å². The van der Waals surface area contributed by atoms with Crippen molar-refractivity contribution < 1.29 is 18.0 Å². The molecule has 1 amide bonds. The van der Waals surface area contributed by atoms with Gasteiger partial charge in [-0.15, -0.1) is 0 Å². The first-order valence-corrected chi connectivity index (χ1v) is 7.72. The van der Waals surface area contributed by atoms with E-state index in [0.29, 0.717) is 6.54 Å². The standard InChI is InChI=1S/C18H17F3N2O/c1-12-18(24)23(17-8-3-2-5-16(17)21)10-9-22(12)11-13-14(19)6-4-7-15(13)20/h2-8,12H,9-11H2,1H3/t12-/m0/s1. The van der Waals surface area contributed by atoms with Crippen LogP contribution in [0.15, 0.2) is 42.5 Å². The van der Waals surface area contributed by atoms with Crippen LogP contribution >= 0.6 is 0 Å². The van der Waals surface area contributed by atoms with Crippen molar-refractivity contribution in [1.29, 1.82) is 0 Å². The molecule has 2 aromatic carbocycles. The summed E-state index contributed by atoms with van der Waals surface area (Å²) in [4.78, 5) is 15.7. The van der Waals surface area contributed by atoms with Gasteiger partial charge >= 0.3 is 0 Å². The number of nitrogens with zero attached hydrogens (tertiary/aromatic N) is 2. The van der Waals surface area contributed by atoms with Crippen LogP contribution in [-0.4, -0.2) is 29.9 Å². The predicted octanol–water partition coefficient (Wildman–Crippen LogP) is 3.34. The number of hydrogen-bond donors (Lipinski definition) is 0. The lowest BCUT2D eigenvalue weighted by Crippen LogP contribution is -2.55. The Bertz CT molecular complexity index is 745. The minimum atomic E-state index is -0.633. The molecule has 0 radical (unpaired) electrons. The molecule has 1 aliphatic heterocycles. The van der Waals surface area contributed by atoms with Gasteiger partial charge in [-0.25, -0.2) is 13.2 Å². The molecule has 0 spiro atoms. The van der Waals surface area contributed by atoms with Gasteiger partial charge in [-0.2, -0.15) is 0 Å². The van der Waals surface area contributed by atoms with Crippen molar-refractivity contribution >= 4 is 11.6 Å². The fraction of sp³-hybridized carbons (Fsp3) is 0.278. The molecular formula is C18H17F3N2O. The maximum Gasteiger partial charge on any atom is 0.244 e. The van der Waals surface area contributed by atoms with Crippen LogP contribution in [-0.2, 0) is 11.3 Å². The second kappa shape index (κ2) is 6.65. The number of para-hydroxylation sites is 1. The summed E-state index contributed by atoms with van der Waals surface area (Å²) in [5, 5.41) is 0. The number of anilines is 1. The molecule has 1 saturated heterocycles. The summed E-state index contributed by atoms with van der Waals surface area (Å²) in [6, 6.07) is 9.17. The van der Waals surface area contributed by atoms with E-state index in [1.807, 2.05) is 0 Å². The van der Waals surface area contributed by atoms with Gasteiger partial charge in [0, 0.05) is 25.2 Å². The van der Waals surface area contributed by atoms with Gasteiger partial charge in [0.1, 0.15) is 17.5 Å². The largest absolute Gasteiger partial charge is 0.307 e. The van der Waals surface area contributed by atoms with Crippen LogP contribution in [0.5, 0.6) is 0 Å². The highest BCUT2D eigenvalue weighted by molar-refractivity contribution is 5.97. The Morgan fingerprint density at radius 2 is 1.58 bits per heavy atom. The minimum Gasteiger partial charge on any atom is -0.307 e. The molecule has 0 bridgehead atoms. The highest BCUT2D eigenvalue weighted by Crippen LogP contribution is 2.25. The van der Waals surface area contributed by atoms with E-state index >= 15 is 0 Å². The first-order valence-electron chi connectivity index (χ1n) is 7.72. The first-order chi connectivity index (χ1) is 11.5. The third-order valence-electron chi connectivity index (χ3n) is 4.35. The Hall–Kier alpha value is -2.34. The van der Waals surface area contributed by atoms with Gasteiger partial charge in [-0.1, -0.05) is 18.2 Å². The molecule has 0 saturated carbocycles. The van der Waals surface area contributed by atoms with E-state index in [2.05, 4.69) is 0 Å². The van der Waals surface area contributed by atoms with Crippen molar-refractivity contribution in [2.24, 2.45) is 0 Å². The topological polar surface area (TPSA) is 23.6 Å². The molecule has 1 atom stereocenters. The van der Waals surface area contributed by atoms with E-state index in [-0.39, 0.29) is 30.2 Å². The maximum absolute atomic E-state index is 13.9. The van der Waals surface area contributed by atoms with E-state index in [0.717, 1.165) is 0 Å². The van der Waals surface area contributed by atoms with Gasteiger partial charge in [-0.3, -0.25) is 9.69 Å². The first kappa shape index (κ1) is 16.5. The zero-order valence-corrected chi connectivity index (χ0v) is 13.2. The third kappa shape index (κ3) is 3.01. The summed E-state index contributed by atoms with van der Waals surface area (Å²) in [6.07, 6.45) is 0. The van der Waals surface area contributed by atoms with Crippen LogP contribution in [0.2, 0.25) is 0 Å². The van der Waals surface area contributed by atoms with Gasteiger partial charge in [0.05, 0.1) is 11.7 Å². The van der Waals surface area contributed by atoms with Gasteiger partial charge < -0.3 is 4.90 Å². The molecule has 1 heterocycles. The van der Waals surface area contributed by atoms with E-state index in [1.54, 1.807) is 30.0 Å². The van der Waals surface area contributed by atoms with E-state index in [4.69, 9.17) is 0 Å². The van der Waals surface area contributed by atoms with Crippen LogP contribution in [0.3, 0.4) is 0 Å². The average Bonchev–Trinajstić information content (AvgIpc) is 2.56. The van der Waals surface area contributed by atoms with Gasteiger partial charge in [0.15, 0.2) is 0 Å². The number of benzene rings is 2. The zero-order valence-electron chi connectivity index (χ0n) is 13.2. The molecular weight excluding hydrogens is 317 g/mol. The molecule has 3 rings (SSSR count). The van der Waals surface area contributed by atoms with Crippen LogP contribution < -0.4 is 4.90 Å². The normalized spacial score (nSPS) is 18.9. The Morgan fingerprint density at radius 1 is 0.958 bits per heavy atom. The Kier molecular flexibility index (Phi) is 4.57. The summed E-state index contributed by atoms with van der Waals surface area (Å²) in [6.45, 7) is 2.32. The Morgan fingerprint density at radius 3 is 2.25 bits per heavy atom. The summed E-state index contributed by atoms with van der Waals surface area (Å²) in [7, 11) is 0. The fourth-order valence-electron chi connectivity index (χ4n) is 2.93. The molecule has 0 aromatic heterocycles. The van der Waals surface area contributed by atoms with Crippen molar-refractivity contribution in [3.8, 4) is 0 Å². The molecule has 3 nitrogen and oxygen atoms in total. The lowest BCUT2D eigenvalue weighted by molar-refractivity contribution is -0.125.